The third-order valence-corrected chi connectivity index (χ3v) is 5.88. The molecule has 0 radical (unpaired) electrons. The lowest BCUT2D eigenvalue weighted by molar-refractivity contribution is -0.128. The van der Waals surface area contributed by atoms with Crippen molar-refractivity contribution in [2.75, 3.05) is 20.3 Å². The Labute approximate surface area is 203 Å². The van der Waals surface area contributed by atoms with Gasteiger partial charge in [-0.1, -0.05) is 39.3 Å². The van der Waals surface area contributed by atoms with Crippen LogP contribution in [0.15, 0.2) is 48.5 Å². The largest absolute Gasteiger partial charge is 0.497 e. The second kappa shape index (κ2) is 12.4. The number of aryl methyl sites for hydroxylation is 2. The van der Waals surface area contributed by atoms with E-state index in [0.717, 1.165) is 74.5 Å². The van der Waals surface area contributed by atoms with Gasteiger partial charge in [0, 0.05) is 24.9 Å². The molecule has 34 heavy (non-hydrogen) atoms. The van der Waals surface area contributed by atoms with Crippen LogP contribution < -0.4 is 14.8 Å². The topological polar surface area (TPSA) is 65.4 Å². The minimum Gasteiger partial charge on any atom is -0.497 e. The molecule has 1 aromatic heterocycles. The van der Waals surface area contributed by atoms with E-state index in [4.69, 9.17) is 14.5 Å². The van der Waals surface area contributed by atoms with E-state index in [2.05, 4.69) is 28.1 Å². The molecule has 0 bridgehead atoms. The summed E-state index contributed by atoms with van der Waals surface area (Å²) in [6, 6.07) is 16.1. The predicted molar refractivity (Wildman–Crippen MR) is 137 cm³/mol. The van der Waals surface area contributed by atoms with Crippen molar-refractivity contribution in [1.29, 1.82) is 0 Å². The summed E-state index contributed by atoms with van der Waals surface area (Å²) in [6.07, 6.45) is 6.08. The maximum absolute atomic E-state index is 12.0. The molecule has 0 aliphatic heterocycles. The van der Waals surface area contributed by atoms with Gasteiger partial charge in [0.2, 0.25) is 5.91 Å². The number of ether oxygens (including phenoxy) is 2. The predicted octanol–water partition coefficient (Wildman–Crippen LogP) is 5.78. The van der Waals surface area contributed by atoms with E-state index < -0.39 is 0 Å². The second-order valence-electron chi connectivity index (χ2n) is 9.72. The summed E-state index contributed by atoms with van der Waals surface area (Å²) in [7, 11) is 1.66. The number of amides is 1. The number of rotatable bonds is 13. The van der Waals surface area contributed by atoms with Crippen LogP contribution in [0, 0.1) is 5.41 Å². The van der Waals surface area contributed by atoms with Crippen LogP contribution in [0.2, 0.25) is 0 Å². The fraction of sp³-hybridized carbons (Fsp3) is 0.500. The summed E-state index contributed by atoms with van der Waals surface area (Å²) in [6.45, 7) is 8.19. The Morgan fingerprint density at radius 1 is 0.941 bits per heavy atom. The quantitative estimate of drug-likeness (QED) is 0.325. The summed E-state index contributed by atoms with van der Waals surface area (Å²) in [5.74, 6) is 2.97. The third kappa shape index (κ3) is 7.51. The second-order valence-corrected chi connectivity index (χ2v) is 9.72. The number of imidazole rings is 1. The minimum atomic E-state index is -0.329. The summed E-state index contributed by atoms with van der Waals surface area (Å²) >= 11 is 0. The van der Waals surface area contributed by atoms with Gasteiger partial charge in [0.25, 0.3) is 0 Å². The van der Waals surface area contributed by atoms with E-state index in [0.29, 0.717) is 6.61 Å². The van der Waals surface area contributed by atoms with Gasteiger partial charge in [-0.05, 0) is 62.1 Å². The number of hydrogen-bond donors (Lipinski definition) is 1. The first kappa shape index (κ1) is 25.6. The average Bonchev–Trinajstić information content (AvgIpc) is 3.18. The molecule has 3 rings (SSSR count). The lowest BCUT2D eigenvalue weighted by atomic mass is 9.96. The normalized spacial score (nSPS) is 11.5. The Morgan fingerprint density at radius 2 is 1.68 bits per heavy atom. The fourth-order valence-electron chi connectivity index (χ4n) is 3.85. The highest BCUT2D eigenvalue weighted by Gasteiger charge is 2.20. The highest BCUT2D eigenvalue weighted by molar-refractivity contribution is 5.81. The van der Waals surface area contributed by atoms with Crippen LogP contribution in [0.4, 0.5) is 0 Å². The first-order valence-electron chi connectivity index (χ1n) is 12.4. The van der Waals surface area contributed by atoms with Gasteiger partial charge < -0.3 is 19.4 Å². The van der Waals surface area contributed by atoms with E-state index in [1.54, 1.807) is 7.11 Å². The Bertz CT molecular complexity index is 1040. The van der Waals surface area contributed by atoms with Gasteiger partial charge in [0.1, 0.15) is 17.3 Å². The zero-order chi connectivity index (χ0) is 24.4. The SMILES string of the molecule is COc1ccc(OCCCCn2c(CCCCCNC(=O)C(C)(C)C)nc3ccccc32)cc1. The van der Waals surface area contributed by atoms with Crippen molar-refractivity contribution < 1.29 is 14.3 Å². The molecule has 0 unspecified atom stereocenters. The molecule has 3 aromatic rings. The number of aromatic nitrogens is 2. The number of fused-ring (bicyclic) bond motifs is 1. The van der Waals surface area contributed by atoms with Gasteiger partial charge in [0.05, 0.1) is 24.8 Å². The molecule has 0 atom stereocenters. The van der Waals surface area contributed by atoms with E-state index in [1.807, 2.05) is 51.1 Å². The molecular weight excluding hydrogens is 426 g/mol. The van der Waals surface area contributed by atoms with Crippen molar-refractivity contribution in [2.45, 2.75) is 65.8 Å². The Morgan fingerprint density at radius 3 is 2.41 bits per heavy atom. The van der Waals surface area contributed by atoms with Gasteiger partial charge in [-0.3, -0.25) is 4.79 Å². The highest BCUT2D eigenvalue weighted by Crippen LogP contribution is 2.20. The number of hydrogen-bond acceptors (Lipinski definition) is 4. The van der Waals surface area contributed by atoms with Crippen molar-refractivity contribution in [2.24, 2.45) is 5.41 Å². The number of carbonyl (C=O) groups excluding carboxylic acids is 1. The molecular formula is C28H39N3O3. The number of unbranched alkanes of at least 4 members (excludes halogenated alkanes) is 3. The highest BCUT2D eigenvalue weighted by atomic mass is 16.5. The van der Waals surface area contributed by atoms with Crippen molar-refractivity contribution in [1.82, 2.24) is 14.9 Å². The Balaban J connectivity index is 1.45. The molecule has 6 nitrogen and oxygen atoms in total. The molecule has 0 saturated heterocycles. The van der Waals surface area contributed by atoms with Crippen molar-refractivity contribution in [3.05, 3.63) is 54.4 Å². The zero-order valence-electron chi connectivity index (χ0n) is 21.1. The van der Waals surface area contributed by atoms with Gasteiger partial charge in [-0.25, -0.2) is 4.98 Å². The number of carbonyl (C=O) groups is 1. The van der Waals surface area contributed by atoms with Crippen LogP contribution in [0.5, 0.6) is 11.5 Å². The van der Waals surface area contributed by atoms with E-state index in [9.17, 15) is 4.79 Å². The van der Waals surface area contributed by atoms with Crippen LogP contribution in [0.3, 0.4) is 0 Å². The lowest BCUT2D eigenvalue weighted by Gasteiger charge is -2.17. The first-order valence-corrected chi connectivity index (χ1v) is 12.4. The molecule has 0 spiro atoms. The molecule has 1 amide bonds. The average molecular weight is 466 g/mol. The van der Waals surface area contributed by atoms with Crippen molar-refractivity contribution in [3.63, 3.8) is 0 Å². The molecule has 0 fully saturated rings. The molecule has 0 saturated carbocycles. The van der Waals surface area contributed by atoms with Gasteiger partial charge in [0.15, 0.2) is 0 Å². The number of nitrogens with zero attached hydrogens (tertiary/aromatic N) is 2. The summed E-state index contributed by atoms with van der Waals surface area (Å²) in [5.41, 5.74) is 1.93. The number of nitrogens with one attached hydrogen (secondary N) is 1. The standard InChI is InChI=1S/C28H39N3O3/c1-28(2,3)27(32)29-19-9-5-6-14-26-30-24-12-7-8-13-25(24)31(26)20-10-11-21-34-23-17-15-22(33-4)16-18-23/h7-8,12-13,15-18H,5-6,9-11,14,19-21H2,1-4H3,(H,29,32). The number of benzene rings is 2. The molecule has 1 N–H and O–H groups in total. The number of para-hydroxylation sites is 2. The van der Waals surface area contributed by atoms with Crippen LogP contribution in [0.1, 0.15) is 58.7 Å². The monoisotopic (exact) mass is 465 g/mol. The van der Waals surface area contributed by atoms with Crippen LogP contribution in [0.25, 0.3) is 11.0 Å². The van der Waals surface area contributed by atoms with Crippen LogP contribution in [-0.4, -0.2) is 35.7 Å². The van der Waals surface area contributed by atoms with Crippen molar-refractivity contribution in [3.8, 4) is 11.5 Å². The van der Waals surface area contributed by atoms with E-state index in [1.165, 1.54) is 5.52 Å². The molecule has 2 aromatic carbocycles. The molecule has 0 aliphatic rings. The summed E-state index contributed by atoms with van der Waals surface area (Å²) in [5, 5.41) is 3.03. The Hall–Kier alpha value is -3.02. The van der Waals surface area contributed by atoms with Gasteiger partial charge in [-0.2, -0.15) is 0 Å². The fourth-order valence-corrected chi connectivity index (χ4v) is 3.85. The van der Waals surface area contributed by atoms with Crippen LogP contribution >= 0.6 is 0 Å². The molecule has 1 heterocycles. The Kier molecular flexibility index (Phi) is 9.37. The van der Waals surface area contributed by atoms with E-state index in [-0.39, 0.29) is 11.3 Å². The smallest absolute Gasteiger partial charge is 0.225 e. The summed E-state index contributed by atoms with van der Waals surface area (Å²) < 4.78 is 13.4. The maximum Gasteiger partial charge on any atom is 0.225 e. The summed E-state index contributed by atoms with van der Waals surface area (Å²) in [4.78, 5) is 16.9. The zero-order valence-corrected chi connectivity index (χ0v) is 21.1. The van der Waals surface area contributed by atoms with Crippen LogP contribution in [-0.2, 0) is 17.8 Å². The lowest BCUT2D eigenvalue weighted by Crippen LogP contribution is -2.35. The van der Waals surface area contributed by atoms with Gasteiger partial charge in [-0.15, -0.1) is 0 Å². The maximum atomic E-state index is 12.0. The number of methoxy groups -OCH3 is 1. The van der Waals surface area contributed by atoms with E-state index >= 15 is 0 Å². The molecule has 184 valence electrons. The first-order chi connectivity index (χ1) is 16.4. The molecule has 0 aliphatic carbocycles. The van der Waals surface area contributed by atoms with Gasteiger partial charge >= 0.3 is 0 Å². The molecule has 6 heteroatoms. The minimum absolute atomic E-state index is 0.116. The van der Waals surface area contributed by atoms with Crippen molar-refractivity contribution >= 4 is 16.9 Å². The third-order valence-electron chi connectivity index (χ3n) is 5.88.